The van der Waals surface area contributed by atoms with Crippen LogP contribution in [0.2, 0.25) is 0 Å². The fourth-order valence-electron chi connectivity index (χ4n) is 4.62. The van der Waals surface area contributed by atoms with E-state index in [0.717, 1.165) is 55.1 Å². The molecule has 2 fully saturated rings. The zero-order valence-corrected chi connectivity index (χ0v) is 26.0. The van der Waals surface area contributed by atoms with E-state index in [1.54, 1.807) is 24.2 Å². The number of thioether (sulfide) groups is 1. The highest BCUT2D eigenvalue weighted by Gasteiger charge is 2.52. The highest BCUT2D eigenvalue weighted by Crippen LogP contribution is 2.36. The van der Waals surface area contributed by atoms with Gasteiger partial charge in [-0.3, -0.25) is 4.79 Å². The van der Waals surface area contributed by atoms with E-state index >= 15 is 0 Å². The first-order valence-corrected chi connectivity index (χ1v) is 15.2. The molecular weight excluding hydrogens is 515 g/mol. The van der Waals surface area contributed by atoms with Crippen molar-refractivity contribution in [2.24, 2.45) is 11.8 Å². The zero-order valence-electron chi connectivity index (χ0n) is 25.2. The number of nitrogens with zero attached hydrogens (tertiary/aromatic N) is 3. The maximum absolute atomic E-state index is 13.2. The molecule has 2 aliphatic heterocycles. The first-order chi connectivity index (χ1) is 18.1. The average molecular weight is 563 g/mol. The molecule has 2 amide bonds. The van der Waals surface area contributed by atoms with Crippen molar-refractivity contribution in [3.05, 3.63) is 12.4 Å². The highest BCUT2D eigenvalue weighted by molar-refractivity contribution is 7.99. The van der Waals surface area contributed by atoms with Crippen LogP contribution in [0.3, 0.4) is 0 Å². The molecule has 1 N–H and O–H groups in total. The summed E-state index contributed by atoms with van der Waals surface area (Å²) in [7, 11) is -0.448. The van der Waals surface area contributed by atoms with Crippen molar-refractivity contribution in [3.8, 4) is 0 Å². The Morgan fingerprint density at radius 2 is 1.69 bits per heavy atom. The summed E-state index contributed by atoms with van der Waals surface area (Å²) in [6, 6.07) is -0.580. The van der Waals surface area contributed by atoms with Gasteiger partial charge in [0.15, 0.2) is 5.16 Å². The minimum atomic E-state index is -0.602. The Kier molecular flexibility index (Phi) is 10.4. The fourth-order valence-corrected chi connectivity index (χ4v) is 5.37. The molecule has 2 aliphatic rings. The van der Waals surface area contributed by atoms with Gasteiger partial charge in [0, 0.05) is 36.7 Å². The van der Waals surface area contributed by atoms with Gasteiger partial charge in [-0.1, -0.05) is 25.6 Å². The van der Waals surface area contributed by atoms with Crippen molar-refractivity contribution < 1.29 is 23.6 Å². The minimum absolute atomic E-state index is 0.0204. The number of nitrogens with one attached hydrogen (secondary N) is 1. The number of carbonyl (C=O) groups excluding carboxylic acids is 2. The summed E-state index contributed by atoms with van der Waals surface area (Å²) in [5, 5.41) is 3.54. The van der Waals surface area contributed by atoms with Gasteiger partial charge in [0.25, 0.3) is 0 Å². The molecule has 0 bridgehead atoms. The van der Waals surface area contributed by atoms with Crippen LogP contribution < -0.4 is 10.8 Å². The quantitative estimate of drug-likeness (QED) is 0.204. The molecule has 0 aromatic carbocycles. The van der Waals surface area contributed by atoms with Crippen molar-refractivity contribution in [3.63, 3.8) is 0 Å². The monoisotopic (exact) mass is 562 g/mol. The van der Waals surface area contributed by atoms with Crippen molar-refractivity contribution in [2.75, 3.05) is 18.8 Å². The van der Waals surface area contributed by atoms with E-state index in [-0.39, 0.29) is 23.0 Å². The Labute approximate surface area is 239 Å². The van der Waals surface area contributed by atoms with Crippen LogP contribution in [0, 0.1) is 11.8 Å². The van der Waals surface area contributed by atoms with E-state index in [9.17, 15) is 9.59 Å². The van der Waals surface area contributed by atoms with E-state index in [1.165, 1.54) is 0 Å². The number of aromatic nitrogens is 2. The summed E-state index contributed by atoms with van der Waals surface area (Å²) in [6.45, 7) is 18.9. The Morgan fingerprint density at radius 3 is 2.21 bits per heavy atom. The second-order valence-corrected chi connectivity index (χ2v) is 14.1. The van der Waals surface area contributed by atoms with Crippen LogP contribution in [-0.2, 0) is 18.8 Å². The number of ether oxygens (including phenoxy) is 1. The maximum Gasteiger partial charge on any atom is 0.498 e. The summed E-state index contributed by atoms with van der Waals surface area (Å²) in [4.78, 5) is 36.3. The first kappa shape index (κ1) is 31.7. The molecule has 11 heteroatoms. The maximum atomic E-state index is 13.2. The first-order valence-electron chi connectivity index (χ1n) is 14.2. The molecule has 39 heavy (non-hydrogen) atoms. The van der Waals surface area contributed by atoms with Crippen LogP contribution >= 0.6 is 11.8 Å². The molecule has 0 radical (unpaired) electrons. The Morgan fingerprint density at radius 1 is 1.13 bits per heavy atom. The van der Waals surface area contributed by atoms with E-state index in [2.05, 4.69) is 15.3 Å². The van der Waals surface area contributed by atoms with Gasteiger partial charge in [-0.2, -0.15) is 0 Å². The largest absolute Gasteiger partial charge is 0.498 e. The number of alkyl carbamates (subject to hydrolysis) is 1. The van der Waals surface area contributed by atoms with E-state index in [4.69, 9.17) is 14.0 Å². The summed E-state index contributed by atoms with van der Waals surface area (Å²) >= 11 is 1.66. The van der Waals surface area contributed by atoms with Gasteiger partial charge in [-0.25, -0.2) is 14.8 Å². The smallest absolute Gasteiger partial charge is 0.444 e. The Balaban J connectivity index is 1.37. The highest BCUT2D eigenvalue weighted by atomic mass is 32.2. The van der Waals surface area contributed by atoms with Crippen LogP contribution in [-0.4, -0.2) is 75.7 Å². The third-order valence-corrected chi connectivity index (χ3v) is 8.65. The third kappa shape index (κ3) is 8.82. The van der Waals surface area contributed by atoms with Crippen molar-refractivity contribution >= 4 is 36.3 Å². The van der Waals surface area contributed by atoms with Gasteiger partial charge in [-0.15, -0.1) is 0 Å². The molecule has 1 aromatic heterocycles. The lowest BCUT2D eigenvalue weighted by Crippen LogP contribution is -2.53. The van der Waals surface area contributed by atoms with E-state index < -0.39 is 24.9 Å². The second kappa shape index (κ2) is 12.8. The molecule has 0 saturated carbocycles. The molecule has 1 unspecified atom stereocenters. The average Bonchev–Trinajstić information content (AvgIpc) is 3.06. The fraction of sp³-hybridized carbons (Fsp3) is 0.786. The van der Waals surface area contributed by atoms with Gasteiger partial charge >= 0.3 is 13.2 Å². The predicted octanol–water partition coefficient (Wildman–Crippen LogP) is 4.44. The molecule has 0 spiro atoms. The van der Waals surface area contributed by atoms with Crippen LogP contribution in [0.1, 0.15) is 88.0 Å². The standard InChI is InChI=1S/C28H47BN4O5S/c1-19(2)22(32-25(35)36-26(3,4)5)23(34)33-14-12-20(13-15-33)11-10-16-39-24-30-17-21(18-31-24)29-37-27(6,7)28(8,9)38-29/h17-20,22H,10-16H2,1-9H3,(H,32,35). The topological polar surface area (TPSA) is 103 Å². The minimum Gasteiger partial charge on any atom is -0.444 e. The summed E-state index contributed by atoms with van der Waals surface area (Å²) in [6.07, 6.45) is 7.19. The Bertz CT molecular complexity index is 959. The molecule has 9 nitrogen and oxygen atoms in total. The van der Waals surface area contributed by atoms with Gasteiger partial charge in [0.05, 0.1) is 11.2 Å². The molecule has 0 aliphatic carbocycles. The van der Waals surface area contributed by atoms with Crippen molar-refractivity contribution in [1.29, 1.82) is 0 Å². The van der Waals surface area contributed by atoms with Crippen LogP contribution in [0.4, 0.5) is 4.79 Å². The van der Waals surface area contributed by atoms with E-state index in [1.807, 2.05) is 67.2 Å². The number of carbonyl (C=O) groups is 2. The summed E-state index contributed by atoms with van der Waals surface area (Å²) in [5.74, 6) is 1.50. The number of hydrogen-bond donors (Lipinski definition) is 1. The number of piperidine rings is 1. The van der Waals surface area contributed by atoms with Gasteiger partial charge in [0.2, 0.25) is 5.91 Å². The molecule has 3 heterocycles. The molecular formula is C28H47BN4O5S. The number of amides is 2. The normalized spacial score (nSPS) is 20.3. The molecule has 1 atom stereocenters. The van der Waals surface area contributed by atoms with Gasteiger partial charge in [-0.05, 0) is 86.0 Å². The lowest BCUT2D eigenvalue weighted by atomic mass is 9.81. The summed E-state index contributed by atoms with van der Waals surface area (Å²) in [5.41, 5.74) is -0.543. The van der Waals surface area contributed by atoms with Gasteiger partial charge in [0.1, 0.15) is 11.6 Å². The molecule has 3 rings (SSSR count). The summed E-state index contributed by atoms with van der Waals surface area (Å²) < 4.78 is 17.5. The Hall–Kier alpha value is -1.85. The lowest BCUT2D eigenvalue weighted by molar-refractivity contribution is -0.136. The van der Waals surface area contributed by atoms with Gasteiger partial charge < -0.3 is 24.3 Å². The van der Waals surface area contributed by atoms with E-state index in [0.29, 0.717) is 5.92 Å². The van der Waals surface area contributed by atoms with Crippen molar-refractivity contribution in [2.45, 2.75) is 116 Å². The van der Waals surface area contributed by atoms with Crippen molar-refractivity contribution in [1.82, 2.24) is 20.2 Å². The third-order valence-electron chi connectivity index (χ3n) is 7.69. The van der Waals surface area contributed by atoms with Crippen LogP contribution in [0.25, 0.3) is 0 Å². The number of rotatable bonds is 9. The predicted molar refractivity (Wildman–Crippen MR) is 155 cm³/mol. The molecule has 218 valence electrons. The lowest BCUT2D eigenvalue weighted by Gasteiger charge is -2.35. The van der Waals surface area contributed by atoms with Crippen LogP contribution in [0.15, 0.2) is 17.6 Å². The molecule has 2 saturated heterocycles. The zero-order chi connectivity index (χ0) is 29.0. The van der Waals surface area contributed by atoms with Crippen LogP contribution in [0.5, 0.6) is 0 Å². The second-order valence-electron chi connectivity index (χ2n) is 13.0. The molecule has 1 aromatic rings. The number of likely N-dealkylation sites (tertiary alicyclic amines) is 1. The SMILES string of the molecule is CC(C)C(NC(=O)OC(C)(C)C)C(=O)N1CCC(CCCSc2ncc(B3OC(C)(C)C(C)(C)O3)cn2)CC1. The number of hydrogen-bond acceptors (Lipinski definition) is 8.